The van der Waals surface area contributed by atoms with Gasteiger partial charge in [-0.3, -0.25) is 9.88 Å². The lowest BCUT2D eigenvalue weighted by Crippen LogP contribution is -2.33. The van der Waals surface area contributed by atoms with Crippen molar-refractivity contribution >= 4 is 0 Å². The lowest BCUT2D eigenvalue weighted by atomic mass is 10.1. The van der Waals surface area contributed by atoms with Crippen molar-refractivity contribution in [2.45, 2.75) is 57.3 Å². The molecule has 1 saturated carbocycles. The van der Waals surface area contributed by atoms with Crippen molar-refractivity contribution < 1.29 is 4.74 Å². The Morgan fingerprint density at radius 3 is 2.86 bits per heavy atom. The first kappa shape index (κ1) is 14.9. The number of ether oxygens (including phenoxy) is 1. The van der Waals surface area contributed by atoms with Crippen molar-refractivity contribution in [1.82, 2.24) is 15.2 Å². The van der Waals surface area contributed by atoms with Crippen LogP contribution in [-0.2, 0) is 17.8 Å². The molecule has 116 valence electrons. The Morgan fingerprint density at radius 2 is 2.19 bits per heavy atom. The Labute approximate surface area is 127 Å². The summed E-state index contributed by atoms with van der Waals surface area (Å²) in [5.74, 6) is 0. The van der Waals surface area contributed by atoms with Gasteiger partial charge in [0, 0.05) is 38.5 Å². The fourth-order valence-corrected chi connectivity index (χ4v) is 2.84. The maximum absolute atomic E-state index is 5.80. The van der Waals surface area contributed by atoms with E-state index in [1.165, 1.54) is 37.7 Å². The molecule has 3 rings (SSSR count). The Balaban J connectivity index is 1.42. The molecule has 0 spiro atoms. The van der Waals surface area contributed by atoms with Crippen LogP contribution < -0.4 is 5.32 Å². The standard InChI is InChI=1S/C17H27N3O/c1-20(13-17-4-2-3-9-21-17)12-16-6-5-14(11-19-16)10-18-15-7-8-15/h5-6,11,15,17-18H,2-4,7-10,12-13H2,1H3. The number of likely N-dealkylation sites (N-methyl/N-ethyl adjacent to an activating group) is 1. The monoisotopic (exact) mass is 289 g/mol. The van der Waals surface area contributed by atoms with Crippen molar-refractivity contribution in [2.24, 2.45) is 0 Å². The van der Waals surface area contributed by atoms with E-state index in [0.29, 0.717) is 6.10 Å². The summed E-state index contributed by atoms with van der Waals surface area (Å²) in [6.45, 7) is 3.78. The van der Waals surface area contributed by atoms with Crippen LogP contribution in [0.15, 0.2) is 18.3 Å². The van der Waals surface area contributed by atoms with Gasteiger partial charge in [-0.05, 0) is 50.8 Å². The fourth-order valence-electron chi connectivity index (χ4n) is 2.84. The van der Waals surface area contributed by atoms with E-state index >= 15 is 0 Å². The average Bonchev–Trinajstić information content (AvgIpc) is 3.32. The van der Waals surface area contributed by atoms with Gasteiger partial charge in [-0.2, -0.15) is 0 Å². The van der Waals surface area contributed by atoms with E-state index in [9.17, 15) is 0 Å². The zero-order chi connectivity index (χ0) is 14.5. The second kappa shape index (κ2) is 7.34. The first-order valence-electron chi connectivity index (χ1n) is 8.27. The fraction of sp³-hybridized carbons (Fsp3) is 0.706. The van der Waals surface area contributed by atoms with Gasteiger partial charge in [0.25, 0.3) is 0 Å². The molecule has 0 bridgehead atoms. The largest absolute Gasteiger partial charge is 0.377 e. The van der Waals surface area contributed by atoms with E-state index in [0.717, 1.165) is 38.0 Å². The summed E-state index contributed by atoms with van der Waals surface area (Å²) in [6.07, 6.45) is 8.81. The Kier molecular flexibility index (Phi) is 5.22. The molecule has 2 fully saturated rings. The topological polar surface area (TPSA) is 37.4 Å². The second-order valence-electron chi connectivity index (χ2n) is 6.50. The molecule has 1 aliphatic carbocycles. The van der Waals surface area contributed by atoms with Crippen molar-refractivity contribution in [2.75, 3.05) is 20.2 Å². The summed E-state index contributed by atoms with van der Waals surface area (Å²) in [4.78, 5) is 6.91. The SMILES string of the molecule is CN(Cc1ccc(CNC2CC2)cn1)CC1CCCCO1. The van der Waals surface area contributed by atoms with Crippen LogP contribution in [0, 0.1) is 0 Å². The number of hydrogen-bond donors (Lipinski definition) is 1. The molecule has 1 aromatic rings. The van der Waals surface area contributed by atoms with Gasteiger partial charge in [-0.1, -0.05) is 6.07 Å². The number of nitrogens with zero attached hydrogens (tertiary/aromatic N) is 2. The number of hydrogen-bond acceptors (Lipinski definition) is 4. The molecule has 1 saturated heterocycles. The molecule has 0 radical (unpaired) electrons. The summed E-state index contributed by atoms with van der Waals surface area (Å²) in [6, 6.07) is 5.11. The first-order chi connectivity index (χ1) is 10.3. The van der Waals surface area contributed by atoms with E-state index in [1.54, 1.807) is 0 Å². The molecule has 1 aliphatic heterocycles. The third-order valence-electron chi connectivity index (χ3n) is 4.28. The predicted molar refractivity (Wildman–Crippen MR) is 84.0 cm³/mol. The van der Waals surface area contributed by atoms with E-state index in [-0.39, 0.29) is 0 Å². The summed E-state index contributed by atoms with van der Waals surface area (Å²) < 4.78 is 5.80. The van der Waals surface area contributed by atoms with Crippen molar-refractivity contribution in [1.29, 1.82) is 0 Å². The Morgan fingerprint density at radius 1 is 1.29 bits per heavy atom. The lowest BCUT2D eigenvalue weighted by molar-refractivity contribution is -0.00274. The van der Waals surface area contributed by atoms with Crippen LogP contribution in [0.1, 0.15) is 43.4 Å². The molecular formula is C17H27N3O. The Hall–Kier alpha value is -0.970. The summed E-state index contributed by atoms with van der Waals surface area (Å²) >= 11 is 0. The molecule has 1 aromatic heterocycles. The molecule has 1 unspecified atom stereocenters. The number of nitrogens with one attached hydrogen (secondary N) is 1. The highest BCUT2D eigenvalue weighted by molar-refractivity contribution is 5.14. The molecule has 0 aromatic carbocycles. The van der Waals surface area contributed by atoms with Gasteiger partial charge in [0.15, 0.2) is 0 Å². The van der Waals surface area contributed by atoms with Gasteiger partial charge in [0.2, 0.25) is 0 Å². The van der Waals surface area contributed by atoms with Crippen LogP contribution in [0.4, 0.5) is 0 Å². The zero-order valence-electron chi connectivity index (χ0n) is 13.1. The maximum Gasteiger partial charge on any atom is 0.0702 e. The van der Waals surface area contributed by atoms with Gasteiger partial charge in [-0.25, -0.2) is 0 Å². The van der Waals surface area contributed by atoms with Gasteiger partial charge < -0.3 is 10.1 Å². The third kappa shape index (κ3) is 5.06. The minimum atomic E-state index is 0.408. The highest BCUT2D eigenvalue weighted by Crippen LogP contribution is 2.19. The zero-order valence-corrected chi connectivity index (χ0v) is 13.1. The quantitative estimate of drug-likeness (QED) is 0.836. The van der Waals surface area contributed by atoms with Crippen LogP contribution in [0.2, 0.25) is 0 Å². The molecule has 2 aliphatic rings. The van der Waals surface area contributed by atoms with E-state index in [4.69, 9.17) is 4.74 Å². The van der Waals surface area contributed by atoms with Crippen LogP contribution in [0.5, 0.6) is 0 Å². The highest BCUT2D eigenvalue weighted by Gasteiger charge is 2.20. The molecule has 4 nitrogen and oxygen atoms in total. The van der Waals surface area contributed by atoms with Crippen LogP contribution in [0.3, 0.4) is 0 Å². The van der Waals surface area contributed by atoms with Crippen LogP contribution in [0.25, 0.3) is 0 Å². The number of rotatable bonds is 7. The Bertz CT molecular complexity index is 424. The van der Waals surface area contributed by atoms with Crippen molar-refractivity contribution in [3.63, 3.8) is 0 Å². The normalized spacial score (nSPS) is 22.7. The molecule has 1 atom stereocenters. The molecule has 0 amide bonds. The molecular weight excluding hydrogens is 262 g/mol. The summed E-state index contributed by atoms with van der Waals surface area (Å²) in [5.41, 5.74) is 2.42. The second-order valence-corrected chi connectivity index (χ2v) is 6.50. The smallest absolute Gasteiger partial charge is 0.0702 e. The average molecular weight is 289 g/mol. The molecule has 2 heterocycles. The van der Waals surface area contributed by atoms with Gasteiger partial charge >= 0.3 is 0 Å². The number of pyridine rings is 1. The molecule has 4 heteroatoms. The minimum absolute atomic E-state index is 0.408. The lowest BCUT2D eigenvalue weighted by Gasteiger charge is -2.27. The summed E-state index contributed by atoms with van der Waals surface area (Å²) in [7, 11) is 2.15. The van der Waals surface area contributed by atoms with E-state index < -0.39 is 0 Å². The number of aromatic nitrogens is 1. The predicted octanol–water partition coefficient (Wildman–Crippen LogP) is 2.33. The van der Waals surface area contributed by atoms with Crippen molar-refractivity contribution in [3.05, 3.63) is 29.6 Å². The first-order valence-corrected chi connectivity index (χ1v) is 8.27. The molecule has 1 N–H and O–H groups in total. The third-order valence-corrected chi connectivity index (χ3v) is 4.28. The van der Waals surface area contributed by atoms with Gasteiger partial charge in [-0.15, -0.1) is 0 Å². The summed E-state index contributed by atoms with van der Waals surface area (Å²) in [5, 5.41) is 3.52. The van der Waals surface area contributed by atoms with E-state index in [2.05, 4.69) is 34.4 Å². The highest BCUT2D eigenvalue weighted by atomic mass is 16.5. The van der Waals surface area contributed by atoms with E-state index in [1.807, 2.05) is 6.20 Å². The molecule has 21 heavy (non-hydrogen) atoms. The van der Waals surface area contributed by atoms with Crippen LogP contribution in [-0.4, -0.2) is 42.2 Å². The minimum Gasteiger partial charge on any atom is -0.377 e. The van der Waals surface area contributed by atoms with Gasteiger partial charge in [0.1, 0.15) is 0 Å². The maximum atomic E-state index is 5.80. The van der Waals surface area contributed by atoms with Crippen LogP contribution >= 0.6 is 0 Å². The van der Waals surface area contributed by atoms with Gasteiger partial charge in [0.05, 0.1) is 11.8 Å². The van der Waals surface area contributed by atoms with Crippen molar-refractivity contribution in [3.8, 4) is 0 Å².